The van der Waals surface area contributed by atoms with Crippen LogP contribution < -0.4 is 25.4 Å². The number of anilines is 1. The number of fused-ring (bicyclic) bond motifs is 1. The van der Waals surface area contributed by atoms with Crippen molar-refractivity contribution in [1.82, 2.24) is 15.6 Å². The van der Waals surface area contributed by atoms with Gasteiger partial charge in [-0.05, 0) is 35.9 Å². The third-order valence-corrected chi connectivity index (χ3v) is 5.24. The molecule has 0 aliphatic rings. The summed E-state index contributed by atoms with van der Waals surface area (Å²) in [5.41, 5.74) is 2.66. The van der Waals surface area contributed by atoms with Crippen molar-refractivity contribution in [2.75, 3.05) is 26.5 Å². The number of carbonyl (C=O) groups excluding carboxylic acids is 2. The fraction of sp³-hybridized carbons (Fsp3) is 0.190. The summed E-state index contributed by atoms with van der Waals surface area (Å²) >= 11 is 2.23. The summed E-state index contributed by atoms with van der Waals surface area (Å²) in [5.74, 6) is 1.33. The van der Waals surface area contributed by atoms with E-state index in [-0.39, 0.29) is 11.9 Å². The van der Waals surface area contributed by atoms with E-state index in [4.69, 9.17) is 9.47 Å². The second-order valence-electron chi connectivity index (χ2n) is 6.22. The van der Waals surface area contributed by atoms with Gasteiger partial charge in [0.2, 0.25) is 0 Å². The molecule has 3 aromatic rings. The third-order valence-electron chi connectivity index (χ3n) is 4.42. The molecule has 0 atom stereocenters. The fourth-order valence-corrected chi connectivity index (χ4v) is 3.53. The van der Waals surface area contributed by atoms with E-state index in [1.807, 2.05) is 6.07 Å². The van der Waals surface area contributed by atoms with Gasteiger partial charge in [-0.1, -0.05) is 22.6 Å². The zero-order valence-electron chi connectivity index (χ0n) is 16.7. The number of methoxy groups -OCH3 is 1. The first-order valence-corrected chi connectivity index (χ1v) is 10.6. The Balaban J connectivity index is 2.01. The highest BCUT2D eigenvalue weighted by Gasteiger charge is 2.16. The van der Waals surface area contributed by atoms with E-state index < -0.39 is 0 Å². The number of amides is 3. The molecular weight excluding hydrogens is 499 g/mol. The van der Waals surface area contributed by atoms with E-state index in [0.717, 1.165) is 5.56 Å². The van der Waals surface area contributed by atoms with E-state index in [1.54, 1.807) is 50.6 Å². The summed E-state index contributed by atoms with van der Waals surface area (Å²) in [6.45, 7) is 0. The monoisotopic (exact) mass is 520 g/mol. The van der Waals surface area contributed by atoms with Gasteiger partial charge < -0.3 is 25.4 Å². The second-order valence-corrected chi connectivity index (χ2v) is 6.98. The number of nitrogens with one attached hydrogen (secondary N) is 3. The lowest BCUT2D eigenvalue weighted by molar-refractivity contribution is 0.0960. The predicted molar refractivity (Wildman–Crippen MR) is 124 cm³/mol. The normalized spacial score (nSPS) is 10.4. The van der Waals surface area contributed by atoms with Crippen LogP contribution in [0.3, 0.4) is 0 Å². The quantitative estimate of drug-likeness (QED) is 0.336. The van der Waals surface area contributed by atoms with E-state index in [1.165, 1.54) is 7.11 Å². The highest BCUT2D eigenvalue weighted by atomic mass is 127. The molecule has 0 saturated carbocycles. The molecule has 0 saturated heterocycles. The first kappa shape index (κ1) is 21.6. The summed E-state index contributed by atoms with van der Waals surface area (Å²) in [4.78, 5) is 28.2. The van der Waals surface area contributed by atoms with Gasteiger partial charge in [-0.15, -0.1) is 0 Å². The number of hydrogen-bond donors (Lipinski definition) is 3. The molecule has 3 rings (SSSR count). The molecule has 0 radical (unpaired) electrons. The van der Waals surface area contributed by atoms with Crippen LogP contribution in [0.4, 0.5) is 10.5 Å². The number of aromatic nitrogens is 1. The second kappa shape index (κ2) is 9.61. The SMILES string of the molecule is CNC(=O)Nc1ccc(Oc2ccnc3cc(OC)c(C(=O)NC)cc23)cc1CI. The van der Waals surface area contributed by atoms with Crippen LogP contribution in [0.15, 0.2) is 42.6 Å². The Morgan fingerprint density at radius 2 is 1.87 bits per heavy atom. The van der Waals surface area contributed by atoms with E-state index >= 15 is 0 Å². The topological polar surface area (TPSA) is 102 Å². The molecule has 30 heavy (non-hydrogen) atoms. The molecule has 3 amide bonds. The molecule has 0 spiro atoms. The number of urea groups is 1. The number of ether oxygens (including phenoxy) is 2. The average Bonchev–Trinajstić information content (AvgIpc) is 2.78. The van der Waals surface area contributed by atoms with Gasteiger partial charge >= 0.3 is 6.03 Å². The summed E-state index contributed by atoms with van der Waals surface area (Å²) in [6, 6.07) is 10.3. The first-order valence-electron chi connectivity index (χ1n) is 9.05. The highest BCUT2D eigenvalue weighted by Crippen LogP contribution is 2.34. The van der Waals surface area contributed by atoms with Crippen LogP contribution in [0.5, 0.6) is 17.2 Å². The van der Waals surface area contributed by atoms with Gasteiger partial charge in [0.15, 0.2) is 0 Å². The number of nitrogens with zero attached hydrogens (tertiary/aromatic N) is 1. The van der Waals surface area contributed by atoms with Crippen molar-refractivity contribution in [3.63, 3.8) is 0 Å². The third kappa shape index (κ3) is 4.56. The molecule has 1 aromatic heterocycles. The van der Waals surface area contributed by atoms with Crippen molar-refractivity contribution >= 4 is 51.1 Å². The number of hydrogen-bond acceptors (Lipinski definition) is 5. The fourth-order valence-electron chi connectivity index (χ4n) is 2.90. The number of carbonyl (C=O) groups is 2. The van der Waals surface area contributed by atoms with Crippen LogP contribution in [0.1, 0.15) is 15.9 Å². The largest absolute Gasteiger partial charge is 0.496 e. The number of rotatable bonds is 6. The Labute approximate surface area is 187 Å². The smallest absolute Gasteiger partial charge is 0.318 e. The van der Waals surface area contributed by atoms with Crippen molar-refractivity contribution < 1.29 is 19.1 Å². The van der Waals surface area contributed by atoms with Gasteiger partial charge in [-0.3, -0.25) is 9.78 Å². The first-order chi connectivity index (χ1) is 14.5. The zero-order chi connectivity index (χ0) is 21.7. The summed E-state index contributed by atoms with van der Waals surface area (Å²) in [6.07, 6.45) is 1.64. The molecule has 156 valence electrons. The summed E-state index contributed by atoms with van der Waals surface area (Å²) < 4.78 is 12.1. The molecule has 2 aromatic carbocycles. The van der Waals surface area contributed by atoms with Crippen LogP contribution in [0, 0.1) is 0 Å². The molecule has 8 nitrogen and oxygen atoms in total. The number of pyridine rings is 1. The van der Waals surface area contributed by atoms with Crippen molar-refractivity contribution in [3.8, 4) is 17.2 Å². The Morgan fingerprint density at radius 3 is 2.53 bits per heavy atom. The van der Waals surface area contributed by atoms with Crippen LogP contribution in [0.25, 0.3) is 10.9 Å². The van der Waals surface area contributed by atoms with E-state index in [0.29, 0.717) is 43.8 Å². The summed E-state index contributed by atoms with van der Waals surface area (Å²) in [5, 5.41) is 8.62. The molecule has 9 heteroatoms. The maximum Gasteiger partial charge on any atom is 0.318 e. The number of halogens is 1. The van der Waals surface area contributed by atoms with Gasteiger partial charge in [0.1, 0.15) is 17.2 Å². The van der Waals surface area contributed by atoms with Crippen LogP contribution >= 0.6 is 22.6 Å². The molecule has 0 aliphatic carbocycles. The van der Waals surface area contributed by atoms with Crippen LogP contribution in [-0.2, 0) is 4.43 Å². The Hall–Kier alpha value is -3.08. The van der Waals surface area contributed by atoms with Crippen LogP contribution in [0.2, 0.25) is 0 Å². The van der Waals surface area contributed by atoms with Crippen molar-refractivity contribution in [2.24, 2.45) is 0 Å². The zero-order valence-corrected chi connectivity index (χ0v) is 18.9. The van der Waals surface area contributed by atoms with E-state index in [9.17, 15) is 9.59 Å². The Morgan fingerprint density at radius 1 is 1.07 bits per heavy atom. The van der Waals surface area contributed by atoms with Gasteiger partial charge in [-0.2, -0.15) is 0 Å². The Kier molecular flexibility index (Phi) is 6.93. The predicted octanol–water partition coefficient (Wildman–Crippen LogP) is 4.08. The van der Waals surface area contributed by atoms with Gasteiger partial charge in [0.25, 0.3) is 5.91 Å². The standard InChI is InChI=1S/C21H21IN4O4/c1-23-20(27)15-9-14-17(10-19(15)29-3)25-7-6-18(14)30-13-4-5-16(12(8-13)11-22)26-21(28)24-2/h4-10H,11H2,1-3H3,(H,23,27)(H2,24,26,28). The summed E-state index contributed by atoms with van der Waals surface area (Å²) in [7, 11) is 4.63. The maximum absolute atomic E-state index is 12.2. The van der Waals surface area contributed by atoms with Crippen molar-refractivity contribution in [3.05, 3.63) is 53.7 Å². The highest BCUT2D eigenvalue weighted by molar-refractivity contribution is 14.1. The van der Waals surface area contributed by atoms with Crippen molar-refractivity contribution in [2.45, 2.75) is 4.43 Å². The van der Waals surface area contributed by atoms with Gasteiger partial charge in [0, 0.05) is 41.9 Å². The van der Waals surface area contributed by atoms with Crippen molar-refractivity contribution in [1.29, 1.82) is 0 Å². The molecule has 1 heterocycles. The number of alkyl halides is 1. The maximum atomic E-state index is 12.2. The molecule has 0 unspecified atom stereocenters. The molecular formula is C21H21IN4O4. The average molecular weight is 520 g/mol. The molecule has 0 fully saturated rings. The minimum Gasteiger partial charge on any atom is -0.496 e. The Bertz CT molecular complexity index is 1100. The van der Waals surface area contributed by atoms with Crippen LogP contribution in [-0.4, -0.2) is 38.1 Å². The minimum absolute atomic E-state index is 0.264. The van der Waals surface area contributed by atoms with E-state index in [2.05, 4.69) is 43.5 Å². The lowest BCUT2D eigenvalue weighted by Crippen LogP contribution is -2.24. The lowest BCUT2D eigenvalue weighted by Gasteiger charge is -2.14. The molecule has 3 N–H and O–H groups in total. The molecule has 0 aliphatic heterocycles. The van der Waals surface area contributed by atoms with Gasteiger partial charge in [-0.25, -0.2) is 4.79 Å². The number of benzene rings is 2. The lowest BCUT2D eigenvalue weighted by atomic mass is 10.1. The minimum atomic E-state index is -0.287. The molecule has 0 bridgehead atoms. The van der Waals surface area contributed by atoms with Gasteiger partial charge in [0.05, 0.1) is 18.2 Å².